The van der Waals surface area contributed by atoms with Gasteiger partial charge in [0, 0.05) is 24.3 Å². The SMILES string of the molecule is Fc1c(F)c(F)c(C2=C3C=CC4=[N+]3[N+]35n6c2ccc6C(c2c(F)c(F)c(F)c(F)c2F)=C2C=CC(=[N+]23)C(c2c(F)c(F)c(F)c(F)c2F)=c2ccc(n25)=C4c2c(F)c(F)c(F)c(F)c2F)c(F)c1F. The summed E-state index contributed by atoms with van der Waals surface area (Å²) in [5.74, 6) is -52.3. The van der Waals surface area contributed by atoms with Gasteiger partial charge in [-0.05, 0) is 33.6 Å². The van der Waals surface area contributed by atoms with Gasteiger partial charge in [-0.3, -0.25) is 0 Å². The fourth-order valence-electron chi connectivity index (χ4n) is 9.77. The third-order valence-electron chi connectivity index (χ3n) is 12.4. The number of halogens is 20. The van der Waals surface area contributed by atoms with Crippen LogP contribution in [0.4, 0.5) is 87.8 Å². The lowest BCUT2D eigenvalue weighted by Gasteiger charge is -2.37. The maximum Gasteiger partial charge on any atom is 0.320 e. The topological polar surface area (TPSA) is 15.9 Å². The molecule has 5 nitrogen and oxygen atoms in total. The van der Waals surface area contributed by atoms with E-state index in [4.69, 9.17) is 0 Å². The molecule has 6 aromatic rings. The normalized spacial score (nSPS) is 16.7. The lowest BCUT2D eigenvalue weighted by Crippen LogP contribution is -2.82. The summed E-state index contributed by atoms with van der Waals surface area (Å²) in [5, 5.41) is -1.69. The Morgan fingerprint density at radius 3 is 0.797 bits per heavy atom. The number of quaternary nitrogens is 1. The first-order chi connectivity index (χ1) is 32.6. The van der Waals surface area contributed by atoms with E-state index in [2.05, 4.69) is 0 Å². The lowest BCUT2D eigenvalue weighted by atomic mass is 9.96. The standard InChI is InChI=1S/C44H8F20N5/c45-25-21(26(46)34(54)41(61)33(25)53)17-9-1-2-10-18(22-27(47)35(55)42(62)36(56)28(22)48)12-5-6-14-20(24-31(51)39(59)44(64)40(60)32(24)52)16-8-7-15-19(23-29(49)37(57)43(63)38(58)30(23)50)13-4-3-11(17)66(13)69(65(9)10,67(12)14)68(15)16/h1-8H/q+3. The number of allylic oxidation sites excluding steroid dienone is 4. The Balaban J connectivity index is 1.39. The van der Waals surface area contributed by atoms with Crippen LogP contribution in [0.3, 0.4) is 0 Å². The molecule has 8 heterocycles. The average molecular weight is 987 g/mol. The summed E-state index contributed by atoms with van der Waals surface area (Å²) in [4.78, 5) is -1.74. The molecular weight excluding hydrogens is 978 g/mol. The molecule has 0 unspecified atom stereocenters. The molecule has 0 aliphatic carbocycles. The summed E-state index contributed by atoms with van der Waals surface area (Å²) in [7, 11) is 0. The van der Waals surface area contributed by atoms with E-state index in [0.717, 1.165) is 48.6 Å². The van der Waals surface area contributed by atoms with Gasteiger partial charge in [-0.15, -0.1) is 0 Å². The third kappa shape index (κ3) is 4.50. The number of benzene rings is 4. The van der Waals surface area contributed by atoms with Crippen LogP contribution in [0.25, 0.3) is 22.3 Å². The van der Waals surface area contributed by atoms with Gasteiger partial charge >= 0.3 is 4.92 Å². The van der Waals surface area contributed by atoms with Crippen LogP contribution in [-0.4, -0.2) is 30.1 Å². The first-order valence-electron chi connectivity index (χ1n) is 19.0. The van der Waals surface area contributed by atoms with Gasteiger partial charge in [0.05, 0.1) is 44.5 Å². The minimum atomic E-state index is -2.71. The third-order valence-corrected chi connectivity index (χ3v) is 12.4. The van der Waals surface area contributed by atoms with Crippen LogP contribution in [0.2, 0.25) is 0 Å². The van der Waals surface area contributed by atoms with Gasteiger partial charge in [-0.2, -0.15) is 0 Å². The largest absolute Gasteiger partial charge is 0.320 e. The Bertz CT molecular complexity index is 3650. The van der Waals surface area contributed by atoms with E-state index in [0.29, 0.717) is 18.7 Å². The minimum absolute atomic E-state index is 0.603. The first-order valence-corrected chi connectivity index (χ1v) is 19.0. The van der Waals surface area contributed by atoms with Gasteiger partial charge in [-0.1, -0.05) is 0 Å². The highest BCUT2D eigenvalue weighted by Gasteiger charge is 2.75. The van der Waals surface area contributed by atoms with E-state index < -0.39 is 211 Å². The second kappa shape index (κ2) is 13.2. The van der Waals surface area contributed by atoms with Crippen LogP contribution in [0.15, 0.2) is 60.0 Å². The molecule has 69 heavy (non-hydrogen) atoms. The molecule has 0 fully saturated rings. The zero-order chi connectivity index (χ0) is 49.3. The van der Waals surface area contributed by atoms with Crippen LogP contribution < -0.4 is 15.6 Å². The van der Waals surface area contributed by atoms with Gasteiger partial charge in [0.2, 0.25) is 23.3 Å². The number of hydrogen-bond donors (Lipinski definition) is 0. The van der Waals surface area contributed by atoms with Gasteiger partial charge in [-0.25, -0.2) is 87.8 Å². The molecule has 0 amide bonds. The van der Waals surface area contributed by atoms with Crippen molar-refractivity contribution in [3.8, 4) is 0 Å². The van der Waals surface area contributed by atoms with Crippen molar-refractivity contribution in [2.75, 3.05) is 0 Å². The van der Waals surface area contributed by atoms with Gasteiger partial charge in [0.15, 0.2) is 93.1 Å². The van der Waals surface area contributed by atoms with E-state index >= 15 is 70.2 Å². The highest BCUT2D eigenvalue weighted by Crippen LogP contribution is 2.51. The molecule has 0 atom stereocenters. The van der Waals surface area contributed by atoms with Crippen molar-refractivity contribution in [3.63, 3.8) is 0 Å². The van der Waals surface area contributed by atoms with Crippen molar-refractivity contribution >= 4 is 33.7 Å². The average Bonchev–Trinajstić information content (AvgIpc) is 4.17. The quantitative estimate of drug-likeness (QED) is 0.0553. The highest BCUT2D eigenvalue weighted by molar-refractivity contribution is 6.29. The highest BCUT2D eigenvalue weighted by atomic mass is 19.2. The molecule has 0 N–H and O–H groups in total. The zero-order valence-electron chi connectivity index (χ0n) is 32.4. The Morgan fingerprint density at radius 2 is 0.522 bits per heavy atom. The maximum absolute atomic E-state index is 16.2. The summed E-state index contributed by atoms with van der Waals surface area (Å²) >= 11 is 0. The molecule has 6 aliphatic heterocycles. The smallest absolute Gasteiger partial charge is 0.203 e. The Kier molecular flexibility index (Phi) is 8.09. The molecule has 4 aromatic carbocycles. The Hall–Kier alpha value is -7.96. The predicted molar refractivity (Wildman–Crippen MR) is 192 cm³/mol. The second-order valence-electron chi connectivity index (χ2n) is 15.5. The van der Waals surface area contributed by atoms with E-state index in [1.54, 1.807) is 0 Å². The second-order valence-corrected chi connectivity index (χ2v) is 15.5. The van der Waals surface area contributed by atoms with Crippen molar-refractivity contribution in [2.24, 2.45) is 0 Å². The molecule has 1 spiro atoms. The van der Waals surface area contributed by atoms with E-state index in [1.165, 1.54) is 0 Å². The van der Waals surface area contributed by atoms with Crippen LogP contribution in [0, 0.1) is 116 Å². The van der Waals surface area contributed by atoms with Crippen LogP contribution in [0.1, 0.15) is 33.6 Å². The number of hydrogen-bond acceptors (Lipinski definition) is 0. The van der Waals surface area contributed by atoms with Crippen LogP contribution >= 0.6 is 0 Å². The Labute approximate surface area is 365 Å². The van der Waals surface area contributed by atoms with Gasteiger partial charge in [0.25, 0.3) is 22.8 Å². The molecule has 25 heteroatoms. The van der Waals surface area contributed by atoms with Crippen molar-refractivity contribution in [1.82, 2.24) is 14.3 Å². The maximum atomic E-state index is 16.2. The molecule has 346 valence electrons. The van der Waals surface area contributed by atoms with Crippen molar-refractivity contribution in [1.29, 1.82) is 0 Å². The predicted octanol–water partition coefficient (Wildman–Crippen LogP) is 8.82. The minimum Gasteiger partial charge on any atom is -0.203 e. The summed E-state index contributed by atoms with van der Waals surface area (Å²) in [6.45, 7) is 0. The van der Waals surface area contributed by atoms with Crippen molar-refractivity contribution < 1.29 is 97.2 Å². The van der Waals surface area contributed by atoms with Crippen LogP contribution in [-0.2, 0) is 0 Å². The molecule has 2 aromatic heterocycles. The molecule has 0 radical (unpaired) electrons. The molecule has 0 saturated heterocycles. The summed E-state index contributed by atoms with van der Waals surface area (Å²) in [6.07, 6.45) is 3.05. The van der Waals surface area contributed by atoms with Gasteiger partial charge in [0.1, 0.15) is 31.5 Å². The molecule has 12 rings (SSSR count). The molecule has 6 aliphatic rings. The number of nitrogens with zero attached hydrogens (tertiary/aromatic N) is 5. The van der Waals surface area contributed by atoms with Crippen LogP contribution in [0.5, 0.6) is 0 Å². The summed E-state index contributed by atoms with van der Waals surface area (Å²) in [6, 6.07) is 3.05. The monoisotopic (exact) mass is 986 g/mol. The van der Waals surface area contributed by atoms with Crippen molar-refractivity contribution in [2.45, 2.75) is 0 Å². The number of rotatable bonds is 4. The lowest BCUT2D eigenvalue weighted by molar-refractivity contribution is -0.929. The van der Waals surface area contributed by atoms with E-state index in [-0.39, 0.29) is 0 Å². The molecule has 0 bridgehead atoms. The first kappa shape index (κ1) is 42.4. The summed E-state index contributed by atoms with van der Waals surface area (Å²) in [5.41, 5.74) is -17.0. The fraction of sp³-hybridized carbons (Fsp3) is 0. The number of aromatic nitrogens is 2. The Morgan fingerprint density at radius 1 is 0.275 bits per heavy atom. The zero-order valence-corrected chi connectivity index (χ0v) is 32.4. The van der Waals surface area contributed by atoms with E-state index in [9.17, 15) is 17.6 Å². The summed E-state index contributed by atoms with van der Waals surface area (Å²) < 4.78 is 312. The fourth-order valence-corrected chi connectivity index (χ4v) is 9.77. The van der Waals surface area contributed by atoms with Gasteiger partial charge < -0.3 is 0 Å². The molecular formula is C44H8F20N5+3. The van der Waals surface area contributed by atoms with E-state index in [1.807, 2.05) is 0 Å². The van der Waals surface area contributed by atoms with Crippen molar-refractivity contribution in [3.05, 3.63) is 221 Å². The molecule has 0 saturated carbocycles.